The molecule has 1 aromatic carbocycles. The van der Waals surface area contributed by atoms with Crippen molar-refractivity contribution in [1.82, 2.24) is 25.1 Å². The number of carbonyl (C=O) groups excluding carboxylic acids is 1. The van der Waals surface area contributed by atoms with Crippen LogP contribution in [-0.2, 0) is 24.8 Å². The lowest BCUT2D eigenvalue weighted by Gasteiger charge is -2.06. The molecule has 26 heavy (non-hydrogen) atoms. The number of hydrogen-bond acceptors (Lipinski definition) is 3. The quantitative estimate of drug-likeness (QED) is 0.584. The van der Waals surface area contributed by atoms with E-state index in [1.165, 1.54) is 0 Å². The summed E-state index contributed by atoms with van der Waals surface area (Å²) in [5.41, 5.74) is 5.00. The molecule has 1 amide bonds. The van der Waals surface area contributed by atoms with Gasteiger partial charge in [0, 0.05) is 60.4 Å². The second kappa shape index (κ2) is 6.84. The van der Waals surface area contributed by atoms with Crippen LogP contribution in [0.3, 0.4) is 0 Å². The van der Waals surface area contributed by atoms with Crippen molar-refractivity contribution >= 4 is 16.8 Å². The molecule has 3 heterocycles. The maximum atomic E-state index is 12.3. The third kappa shape index (κ3) is 3.35. The van der Waals surface area contributed by atoms with E-state index in [4.69, 9.17) is 0 Å². The smallest absolute Gasteiger partial charge is 0.224 e. The number of aromatic amines is 1. The van der Waals surface area contributed by atoms with Crippen molar-refractivity contribution in [2.24, 2.45) is 7.05 Å². The summed E-state index contributed by atoms with van der Waals surface area (Å²) in [6.07, 6.45) is 9.56. The lowest BCUT2D eigenvalue weighted by Crippen LogP contribution is -2.24. The Balaban J connectivity index is 1.41. The number of para-hydroxylation sites is 1. The summed E-state index contributed by atoms with van der Waals surface area (Å²) >= 11 is 0. The number of H-pyrrole nitrogens is 1. The molecule has 0 fully saturated rings. The van der Waals surface area contributed by atoms with Gasteiger partial charge in [-0.2, -0.15) is 5.10 Å². The van der Waals surface area contributed by atoms with Gasteiger partial charge in [-0.05, 0) is 23.3 Å². The molecule has 3 aromatic heterocycles. The van der Waals surface area contributed by atoms with Gasteiger partial charge in [-0.3, -0.25) is 14.5 Å². The lowest BCUT2D eigenvalue weighted by molar-refractivity contribution is -0.120. The topological polar surface area (TPSA) is 75.6 Å². The predicted octanol–water partition coefficient (Wildman–Crippen LogP) is 2.82. The third-order valence-electron chi connectivity index (χ3n) is 4.35. The average molecular weight is 345 g/mol. The van der Waals surface area contributed by atoms with Crippen molar-refractivity contribution < 1.29 is 4.79 Å². The first kappa shape index (κ1) is 16.1. The maximum Gasteiger partial charge on any atom is 0.224 e. The predicted molar refractivity (Wildman–Crippen MR) is 100 cm³/mol. The van der Waals surface area contributed by atoms with E-state index in [1.54, 1.807) is 23.3 Å². The van der Waals surface area contributed by atoms with Crippen LogP contribution in [0.2, 0.25) is 0 Å². The summed E-state index contributed by atoms with van der Waals surface area (Å²) in [6, 6.07) is 10.0. The first-order chi connectivity index (χ1) is 12.7. The molecule has 4 rings (SSSR count). The zero-order valence-electron chi connectivity index (χ0n) is 14.4. The van der Waals surface area contributed by atoms with Gasteiger partial charge in [-0.15, -0.1) is 0 Å². The summed E-state index contributed by atoms with van der Waals surface area (Å²) in [7, 11) is 1.88. The van der Waals surface area contributed by atoms with E-state index in [0.717, 1.165) is 33.2 Å². The van der Waals surface area contributed by atoms with Gasteiger partial charge >= 0.3 is 0 Å². The highest BCUT2D eigenvalue weighted by Crippen LogP contribution is 2.19. The Kier molecular flexibility index (Phi) is 4.23. The average Bonchev–Trinajstić information content (AvgIpc) is 3.27. The Bertz CT molecular complexity index is 1060. The SMILES string of the molecule is Cn1cc(-c2cncc(CNC(=O)Cc3c[nH]c4ccccc34)c2)cn1. The van der Waals surface area contributed by atoms with Crippen LogP contribution in [0.15, 0.2) is 61.3 Å². The number of nitrogens with one attached hydrogen (secondary N) is 2. The first-order valence-electron chi connectivity index (χ1n) is 8.44. The van der Waals surface area contributed by atoms with Crippen molar-refractivity contribution in [3.8, 4) is 11.1 Å². The Morgan fingerprint density at radius 2 is 2.08 bits per heavy atom. The Hall–Kier alpha value is -3.41. The van der Waals surface area contributed by atoms with Gasteiger partial charge in [-0.25, -0.2) is 0 Å². The molecule has 2 N–H and O–H groups in total. The molecule has 0 saturated carbocycles. The number of carbonyl (C=O) groups is 1. The standard InChI is InChI=1S/C20H19N5O/c1-25-13-17(12-24-25)15-6-14(8-21-10-15)9-23-20(26)7-16-11-22-19-5-3-2-4-18(16)19/h2-6,8,10-13,22H,7,9H2,1H3,(H,23,26). The van der Waals surface area contributed by atoms with Gasteiger partial charge in [0.05, 0.1) is 12.6 Å². The molecule has 0 atom stereocenters. The van der Waals surface area contributed by atoms with E-state index in [2.05, 4.69) is 20.4 Å². The van der Waals surface area contributed by atoms with Crippen molar-refractivity contribution in [2.75, 3.05) is 0 Å². The van der Waals surface area contributed by atoms with E-state index in [1.807, 2.05) is 49.8 Å². The van der Waals surface area contributed by atoms with E-state index >= 15 is 0 Å². The van der Waals surface area contributed by atoms with Crippen LogP contribution in [0.1, 0.15) is 11.1 Å². The van der Waals surface area contributed by atoms with Gasteiger partial charge in [0.25, 0.3) is 0 Å². The first-order valence-corrected chi connectivity index (χ1v) is 8.44. The van der Waals surface area contributed by atoms with Crippen LogP contribution < -0.4 is 5.32 Å². The summed E-state index contributed by atoms with van der Waals surface area (Å²) in [4.78, 5) is 19.8. The van der Waals surface area contributed by atoms with Crippen molar-refractivity contribution in [2.45, 2.75) is 13.0 Å². The van der Waals surface area contributed by atoms with E-state index in [-0.39, 0.29) is 5.91 Å². The normalized spacial score (nSPS) is 11.0. The van der Waals surface area contributed by atoms with E-state index in [9.17, 15) is 4.79 Å². The molecule has 6 nitrogen and oxygen atoms in total. The second-order valence-electron chi connectivity index (χ2n) is 6.30. The molecular weight excluding hydrogens is 326 g/mol. The van der Waals surface area contributed by atoms with Crippen molar-refractivity contribution in [1.29, 1.82) is 0 Å². The summed E-state index contributed by atoms with van der Waals surface area (Å²) in [6.45, 7) is 0.447. The number of fused-ring (bicyclic) bond motifs is 1. The second-order valence-corrected chi connectivity index (χ2v) is 6.30. The summed E-state index contributed by atoms with van der Waals surface area (Å²) < 4.78 is 1.75. The zero-order chi connectivity index (χ0) is 17.9. The fourth-order valence-corrected chi connectivity index (χ4v) is 3.03. The summed E-state index contributed by atoms with van der Waals surface area (Å²) in [5, 5.41) is 8.24. The van der Waals surface area contributed by atoms with Crippen LogP contribution in [0.5, 0.6) is 0 Å². The van der Waals surface area contributed by atoms with Crippen LogP contribution in [-0.4, -0.2) is 25.7 Å². The third-order valence-corrected chi connectivity index (χ3v) is 4.35. The Labute approximate surface area is 150 Å². The number of aryl methyl sites for hydroxylation is 1. The van der Waals surface area contributed by atoms with E-state index < -0.39 is 0 Å². The molecular formula is C20H19N5O. The molecule has 130 valence electrons. The van der Waals surface area contributed by atoms with Gasteiger partial charge in [0.15, 0.2) is 0 Å². The Morgan fingerprint density at radius 3 is 2.92 bits per heavy atom. The fraction of sp³-hybridized carbons (Fsp3) is 0.150. The largest absolute Gasteiger partial charge is 0.361 e. The minimum absolute atomic E-state index is 0.0125. The van der Waals surface area contributed by atoms with Crippen LogP contribution >= 0.6 is 0 Å². The van der Waals surface area contributed by atoms with E-state index in [0.29, 0.717) is 13.0 Å². The molecule has 0 saturated heterocycles. The Morgan fingerprint density at radius 1 is 1.19 bits per heavy atom. The maximum absolute atomic E-state index is 12.3. The molecule has 0 bridgehead atoms. The van der Waals surface area contributed by atoms with Crippen LogP contribution in [0, 0.1) is 0 Å². The monoisotopic (exact) mass is 345 g/mol. The molecule has 0 unspecified atom stereocenters. The number of nitrogens with zero attached hydrogens (tertiary/aromatic N) is 3. The number of aromatic nitrogens is 4. The number of amides is 1. The summed E-state index contributed by atoms with van der Waals surface area (Å²) in [5.74, 6) is -0.0125. The van der Waals surface area contributed by atoms with Crippen LogP contribution in [0.25, 0.3) is 22.0 Å². The minimum atomic E-state index is -0.0125. The highest BCUT2D eigenvalue weighted by atomic mass is 16.1. The molecule has 0 aliphatic carbocycles. The number of pyridine rings is 1. The number of hydrogen-bond donors (Lipinski definition) is 2. The molecule has 0 radical (unpaired) electrons. The molecule has 6 heteroatoms. The molecule has 4 aromatic rings. The fourth-order valence-electron chi connectivity index (χ4n) is 3.03. The molecule has 0 aliphatic rings. The minimum Gasteiger partial charge on any atom is -0.361 e. The van der Waals surface area contributed by atoms with Gasteiger partial charge in [0.2, 0.25) is 5.91 Å². The van der Waals surface area contributed by atoms with Crippen molar-refractivity contribution in [3.63, 3.8) is 0 Å². The zero-order valence-corrected chi connectivity index (χ0v) is 14.4. The highest BCUT2D eigenvalue weighted by Gasteiger charge is 2.09. The highest BCUT2D eigenvalue weighted by molar-refractivity contribution is 5.88. The van der Waals surface area contributed by atoms with Gasteiger partial charge < -0.3 is 10.3 Å². The number of benzene rings is 1. The lowest BCUT2D eigenvalue weighted by atomic mass is 10.1. The van der Waals surface area contributed by atoms with Gasteiger partial charge in [-0.1, -0.05) is 18.2 Å². The number of rotatable bonds is 5. The molecule has 0 aliphatic heterocycles. The van der Waals surface area contributed by atoms with Crippen LogP contribution in [0.4, 0.5) is 0 Å². The van der Waals surface area contributed by atoms with Crippen molar-refractivity contribution in [3.05, 3.63) is 72.4 Å². The molecule has 0 spiro atoms. The van der Waals surface area contributed by atoms with Gasteiger partial charge in [0.1, 0.15) is 0 Å².